The van der Waals surface area contributed by atoms with Crippen LogP contribution in [0.5, 0.6) is 11.5 Å². The Morgan fingerprint density at radius 1 is 0.853 bits per heavy atom. The zero-order valence-corrected chi connectivity index (χ0v) is 19.3. The van der Waals surface area contributed by atoms with Crippen LogP contribution in [0.3, 0.4) is 0 Å². The van der Waals surface area contributed by atoms with Crippen LogP contribution in [0.4, 0.5) is 11.4 Å². The van der Waals surface area contributed by atoms with Crippen LogP contribution < -0.4 is 20.9 Å². The highest BCUT2D eigenvalue weighted by molar-refractivity contribution is 6.06. The van der Waals surface area contributed by atoms with Gasteiger partial charge in [-0.2, -0.15) is 0 Å². The number of allylic oxidation sites excluding steroid dienone is 1. The van der Waals surface area contributed by atoms with Gasteiger partial charge in [-0.3, -0.25) is 4.79 Å². The molecule has 0 radical (unpaired) electrons. The van der Waals surface area contributed by atoms with E-state index in [-0.39, 0.29) is 5.78 Å². The van der Waals surface area contributed by atoms with Gasteiger partial charge in [0.25, 0.3) is 0 Å². The lowest BCUT2D eigenvalue weighted by Crippen LogP contribution is -2.23. The van der Waals surface area contributed by atoms with Gasteiger partial charge in [0.15, 0.2) is 18.4 Å². The van der Waals surface area contributed by atoms with E-state index in [4.69, 9.17) is 30.4 Å². The zero-order chi connectivity index (χ0) is 24.3. The molecule has 0 heterocycles. The number of nitrogens with two attached hydrogens (primary N) is 2. The summed E-state index contributed by atoms with van der Waals surface area (Å²) >= 11 is 0. The molecule has 178 valence electrons. The number of anilines is 2. The van der Waals surface area contributed by atoms with Crippen molar-refractivity contribution in [2.75, 3.05) is 24.7 Å². The predicted molar refractivity (Wildman–Crippen MR) is 134 cm³/mol. The van der Waals surface area contributed by atoms with Crippen LogP contribution >= 0.6 is 0 Å². The van der Waals surface area contributed by atoms with Crippen LogP contribution in [0, 0.1) is 0 Å². The van der Waals surface area contributed by atoms with Crippen molar-refractivity contribution in [1.82, 2.24) is 0 Å². The third-order valence-electron chi connectivity index (χ3n) is 4.78. The molecule has 34 heavy (non-hydrogen) atoms. The summed E-state index contributed by atoms with van der Waals surface area (Å²) in [5, 5.41) is 0. The quantitative estimate of drug-likeness (QED) is 0.129. The Bertz CT molecular complexity index is 1080. The fourth-order valence-corrected chi connectivity index (χ4v) is 3.07. The van der Waals surface area contributed by atoms with Crippen LogP contribution in [0.1, 0.15) is 29.8 Å². The van der Waals surface area contributed by atoms with Crippen molar-refractivity contribution in [1.29, 1.82) is 0 Å². The Labute approximate surface area is 199 Å². The minimum atomic E-state index is -0.500. The normalized spacial score (nSPS) is 12.9. The molecule has 4 N–H and O–H groups in total. The fraction of sp³-hybridized carbons (Fsp3) is 0.222. The standard InChI is InChI=1S/C27H30N2O5/c1-19(31-16-17-32-20(2)34-27-15-11-23(28)18-25(27)29)33-24-12-8-21(9-13-24)10-14-26(30)22-6-4-3-5-7-22/h3-15,18-20H,16-17,28-29H2,1-2H3/b14-10+. The maximum atomic E-state index is 12.2. The van der Waals surface area contributed by atoms with Crippen LogP contribution in [0.25, 0.3) is 6.08 Å². The number of ketones is 1. The highest BCUT2D eigenvalue weighted by Crippen LogP contribution is 2.24. The molecule has 3 rings (SSSR count). The fourth-order valence-electron chi connectivity index (χ4n) is 3.07. The van der Waals surface area contributed by atoms with Gasteiger partial charge in [-0.25, -0.2) is 0 Å². The van der Waals surface area contributed by atoms with Gasteiger partial charge in [-0.05, 0) is 55.8 Å². The van der Waals surface area contributed by atoms with E-state index < -0.39 is 12.6 Å². The van der Waals surface area contributed by atoms with E-state index in [9.17, 15) is 4.79 Å². The largest absolute Gasteiger partial charge is 0.465 e. The van der Waals surface area contributed by atoms with Crippen LogP contribution in [-0.2, 0) is 9.47 Å². The van der Waals surface area contributed by atoms with Gasteiger partial charge < -0.3 is 30.4 Å². The monoisotopic (exact) mass is 462 g/mol. The van der Waals surface area contributed by atoms with E-state index in [1.54, 1.807) is 56.3 Å². The van der Waals surface area contributed by atoms with Crippen molar-refractivity contribution in [2.24, 2.45) is 0 Å². The number of nitrogen functional groups attached to an aromatic ring is 2. The molecule has 0 fully saturated rings. The summed E-state index contributed by atoms with van der Waals surface area (Å²) < 4.78 is 22.7. The Kier molecular flexibility index (Phi) is 9.08. The van der Waals surface area contributed by atoms with Gasteiger partial charge in [0.05, 0.1) is 18.9 Å². The summed E-state index contributed by atoms with van der Waals surface area (Å²) in [5.41, 5.74) is 14.1. The Morgan fingerprint density at radius 3 is 2.15 bits per heavy atom. The van der Waals surface area contributed by atoms with E-state index in [2.05, 4.69) is 0 Å². The topological polar surface area (TPSA) is 106 Å². The van der Waals surface area contributed by atoms with Gasteiger partial charge in [0.1, 0.15) is 11.5 Å². The van der Waals surface area contributed by atoms with Gasteiger partial charge >= 0.3 is 0 Å². The molecular weight excluding hydrogens is 432 g/mol. The number of benzene rings is 3. The number of carbonyl (C=O) groups excluding carboxylic acids is 1. The maximum absolute atomic E-state index is 12.2. The van der Waals surface area contributed by atoms with E-state index in [1.807, 2.05) is 42.5 Å². The molecule has 2 atom stereocenters. The average Bonchev–Trinajstić information content (AvgIpc) is 2.83. The molecule has 0 amide bonds. The first-order valence-corrected chi connectivity index (χ1v) is 11.0. The lowest BCUT2D eigenvalue weighted by atomic mass is 10.1. The Balaban J connectivity index is 1.36. The highest BCUT2D eigenvalue weighted by atomic mass is 16.7. The van der Waals surface area contributed by atoms with Crippen molar-refractivity contribution >= 4 is 23.2 Å². The van der Waals surface area contributed by atoms with E-state index in [1.165, 1.54) is 0 Å². The summed E-state index contributed by atoms with van der Waals surface area (Å²) in [7, 11) is 0. The predicted octanol–water partition coefficient (Wildman–Crippen LogP) is 4.93. The summed E-state index contributed by atoms with van der Waals surface area (Å²) in [6, 6.07) is 21.6. The molecule has 0 spiro atoms. The van der Waals surface area contributed by atoms with Crippen LogP contribution in [0.15, 0.2) is 78.9 Å². The van der Waals surface area contributed by atoms with Crippen molar-refractivity contribution in [2.45, 2.75) is 26.4 Å². The van der Waals surface area contributed by atoms with Crippen molar-refractivity contribution in [3.63, 3.8) is 0 Å². The molecule has 0 aliphatic rings. The first-order valence-electron chi connectivity index (χ1n) is 11.0. The van der Waals surface area contributed by atoms with Crippen molar-refractivity contribution < 1.29 is 23.7 Å². The third kappa shape index (κ3) is 7.95. The molecule has 0 saturated heterocycles. The first kappa shape index (κ1) is 24.8. The smallest absolute Gasteiger partial charge is 0.197 e. The molecule has 7 heteroatoms. The number of rotatable bonds is 12. The number of carbonyl (C=O) groups is 1. The maximum Gasteiger partial charge on any atom is 0.197 e. The lowest BCUT2D eigenvalue weighted by Gasteiger charge is -2.18. The molecule has 3 aromatic rings. The second-order valence-electron chi connectivity index (χ2n) is 7.54. The van der Waals surface area contributed by atoms with Gasteiger partial charge in [-0.15, -0.1) is 0 Å². The minimum Gasteiger partial charge on any atom is -0.465 e. The average molecular weight is 463 g/mol. The second kappa shape index (κ2) is 12.4. The number of hydrogen-bond acceptors (Lipinski definition) is 7. The molecule has 0 bridgehead atoms. The molecule has 7 nitrogen and oxygen atoms in total. The third-order valence-corrected chi connectivity index (χ3v) is 4.78. The molecular formula is C27H30N2O5. The summed E-state index contributed by atoms with van der Waals surface area (Å²) in [6.45, 7) is 4.23. The molecule has 2 unspecified atom stereocenters. The van der Waals surface area contributed by atoms with Gasteiger partial charge in [-0.1, -0.05) is 48.5 Å². The van der Waals surface area contributed by atoms with Crippen molar-refractivity contribution in [3.8, 4) is 11.5 Å². The van der Waals surface area contributed by atoms with Crippen LogP contribution in [0.2, 0.25) is 0 Å². The molecule has 0 saturated carbocycles. The molecule has 0 aromatic heterocycles. The SMILES string of the molecule is CC(OCCOC(C)Oc1ccc(N)cc1N)Oc1ccc(/C=C/C(=O)c2ccccc2)cc1. The summed E-state index contributed by atoms with van der Waals surface area (Å²) in [5.74, 6) is 1.14. The lowest BCUT2D eigenvalue weighted by molar-refractivity contribution is -0.119. The van der Waals surface area contributed by atoms with Crippen LogP contribution in [-0.4, -0.2) is 31.6 Å². The first-order chi connectivity index (χ1) is 16.4. The molecule has 0 aliphatic carbocycles. The van der Waals surface area contributed by atoms with Gasteiger partial charge in [0, 0.05) is 11.3 Å². The van der Waals surface area contributed by atoms with E-state index in [0.717, 1.165) is 5.56 Å². The summed E-state index contributed by atoms with van der Waals surface area (Å²) in [4.78, 5) is 12.2. The number of ether oxygens (including phenoxy) is 4. The van der Waals surface area contributed by atoms with E-state index in [0.29, 0.717) is 41.7 Å². The second-order valence-corrected chi connectivity index (χ2v) is 7.54. The minimum absolute atomic E-state index is 0.0400. The number of hydrogen-bond donors (Lipinski definition) is 2. The van der Waals surface area contributed by atoms with E-state index >= 15 is 0 Å². The Morgan fingerprint density at radius 2 is 1.50 bits per heavy atom. The zero-order valence-electron chi connectivity index (χ0n) is 19.3. The summed E-state index contributed by atoms with van der Waals surface area (Å²) in [6.07, 6.45) is 2.37. The Hall–Kier alpha value is -3.81. The highest BCUT2D eigenvalue weighted by Gasteiger charge is 2.09. The van der Waals surface area contributed by atoms with Crippen molar-refractivity contribution in [3.05, 3.63) is 90.0 Å². The van der Waals surface area contributed by atoms with Gasteiger partial charge in [0.2, 0.25) is 0 Å². The molecule has 3 aromatic carbocycles. The molecule has 0 aliphatic heterocycles.